The molecule has 0 aliphatic carbocycles. The first kappa shape index (κ1) is 15.9. The van der Waals surface area contributed by atoms with Gasteiger partial charge in [-0.05, 0) is 43.3 Å². The molecule has 1 fully saturated rings. The maximum absolute atomic E-state index is 12.8. The van der Waals surface area contributed by atoms with Crippen molar-refractivity contribution in [3.63, 3.8) is 0 Å². The van der Waals surface area contributed by atoms with Crippen LogP contribution in [-0.4, -0.2) is 32.4 Å². The van der Waals surface area contributed by atoms with E-state index in [1.165, 1.54) is 11.3 Å². The first-order valence-corrected chi connectivity index (χ1v) is 9.65. The molecule has 0 amide bonds. The lowest BCUT2D eigenvalue weighted by Crippen LogP contribution is -2.39. The van der Waals surface area contributed by atoms with Gasteiger partial charge in [0.25, 0.3) is 10.0 Å². The number of nitrogens with one attached hydrogen (secondary N) is 1. The van der Waals surface area contributed by atoms with Crippen molar-refractivity contribution in [3.8, 4) is 0 Å². The van der Waals surface area contributed by atoms with E-state index < -0.39 is 10.0 Å². The third-order valence-corrected chi connectivity index (χ3v) is 7.28. The number of hydrogen-bond donors (Lipinski definition) is 1. The molecule has 1 atom stereocenters. The largest absolute Gasteiger partial charge is 0.316 e. The number of rotatable bonds is 5. The van der Waals surface area contributed by atoms with Crippen molar-refractivity contribution in [2.75, 3.05) is 13.6 Å². The lowest BCUT2D eigenvalue weighted by atomic mass is 10.1. The van der Waals surface area contributed by atoms with E-state index >= 15 is 0 Å². The average Bonchev–Trinajstić information content (AvgIpc) is 2.76. The van der Waals surface area contributed by atoms with Gasteiger partial charge in [0.1, 0.15) is 4.21 Å². The van der Waals surface area contributed by atoms with Crippen molar-refractivity contribution in [1.82, 2.24) is 9.62 Å². The maximum atomic E-state index is 12.8. The average molecular weight is 316 g/mol. The van der Waals surface area contributed by atoms with Gasteiger partial charge in [0.2, 0.25) is 0 Å². The van der Waals surface area contributed by atoms with Gasteiger partial charge in [-0.1, -0.05) is 19.8 Å². The summed E-state index contributed by atoms with van der Waals surface area (Å²) in [6.45, 7) is 3.46. The van der Waals surface area contributed by atoms with Gasteiger partial charge in [0, 0.05) is 19.1 Å². The highest BCUT2D eigenvalue weighted by molar-refractivity contribution is 7.91. The van der Waals surface area contributed by atoms with E-state index in [2.05, 4.69) is 12.2 Å². The highest BCUT2D eigenvalue weighted by Crippen LogP contribution is 2.29. The smallest absolute Gasteiger partial charge is 0.252 e. The van der Waals surface area contributed by atoms with Crippen LogP contribution >= 0.6 is 11.3 Å². The van der Waals surface area contributed by atoms with Crippen LogP contribution in [0.15, 0.2) is 15.7 Å². The molecule has 2 rings (SSSR count). The lowest BCUT2D eigenvalue weighted by molar-refractivity contribution is 0.315. The Morgan fingerprint density at radius 1 is 1.40 bits per heavy atom. The van der Waals surface area contributed by atoms with Gasteiger partial charge >= 0.3 is 0 Å². The van der Waals surface area contributed by atoms with E-state index in [4.69, 9.17) is 0 Å². The molecule has 1 aromatic heterocycles. The summed E-state index contributed by atoms with van der Waals surface area (Å²) in [7, 11) is -1.45. The summed E-state index contributed by atoms with van der Waals surface area (Å²) in [5.41, 5.74) is 1.04. The predicted octanol–water partition coefficient (Wildman–Crippen LogP) is 2.81. The normalized spacial score (nSPS) is 21.8. The Morgan fingerprint density at radius 3 is 2.90 bits per heavy atom. The van der Waals surface area contributed by atoms with E-state index in [0.717, 1.165) is 37.7 Å². The maximum Gasteiger partial charge on any atom is 0.252 e. The molecule has 0 saturated carbocycles. The number of hydrogen-bond acceptors (Lipinski definition) is 4. The Hall–Kier alpha value is -0.430. The Morgan fingerprint density at radius 2 is 2.20 bits per heavy atom. The van der Waals surface area contributed by atoms with E-state index in [1.807, 2.05) is 18.5 Å². The predicted molar refractivity (Wildman–Crippen MR) is 83.5 cm³/mol. The molecule has 1 aliphatic rings. The zero-order chi connectivity index (χ0) is 14.6. The first-order valence-electron chi connectivity index (χ1n) is 7.33. The van der Waals surface area contributed by atoms with Crippen LogP contribution in [0.4, 0.5) is 0 Å². The fourth-order valence-corrected chi connectivity index (χ4v) is 5.88. The second kappa shape index (κ2) is 7.02. The molecule has 1 unspecified atom stereocenters. The van der Waals surface area contributed by atoms with Gasteiger partial charge in [-0.2, -0.15) is 4.31 Å². The highest BCUT2D eigenvalue weighted by Gasteiger charge is 2.32. The van der Waals surface area contributed by atoms with Crippen LogP contribution in [0.5, 0.6) is 0 Å². The van der Waals surface area contributed by atoms with E-state index in [1.54, 1.807) is 4.31 Å². The number of nitrogens with zero attached hydrogens (tertiary/aromatic N) is 1. The minimum Gasteiger partial charge on any atom is -0.316 e. The monoisotopic (exact) mass is 316 g/mol. The molecule has 4 nitrogen and oxygen atoms in total. The van der Waals surface area contributed by atoms with Crippen molar-refractivity contribution in [2.24, 2.45) is 0 Å². The summed E-state index contributed by atoms with van der Waals surface area (Å²) in [5.74, 6) is 0. The zero-order valence-corrected chi connectivity index (χ0v) is 13.9. The minimum absolute atomic E-state index is 0.164. The molecule has 0 bridgehead atoms. The molecule has 1 saturated heterocycles. The summed E-state index contributed by atoms with van der Waals surface area (Å²) in [6, 6.07) is 1.98. The summed E-state index contributed by atoms with van der Waals surface area (Å²) < 4.78 is 27.9. The third kappa shape index (κ3) is 3.42. The number of thiophene rings is 1. The van der Waals surface area contributed by atoms with Crippen LogP contribution in [0.1, 0.15) is 44.6 Å². The summed E-state index contributed by atoms with van der Waals surface area (Å²) in [4.78, 5) is 0. The second-order valence-corrected chi connectivity index (χ2v) is 8.36. The fraction of sp³-hybridized carbons (Fsp3) is 0.714. The van der Waals surface area contributed by atoms with Gasteiger partial charge in [0.15, 0.2) is 0 Å². The fourth-order valence-electron chi connectivity index (χ4n) is 2.78. The quantitative estimate of drug-likeness (QED) is 0.909. The second-order valence-electron chi connectivity index (χ2n) is 5.33. The topological polar surface area (TPSA) is 49.4 Å². The molecular formula is C14H24N2O2S2. The highest BCUT2D eigenvalue weighted by atomic mass is 32.2. The lowest BCUT2D eigenvalue weighted by Gasteiger charge is -2.27. The van der Waals surface area contributed by atoms with Crippen LogP contribution in [0.3, 0.4) is 0 Å². The Bertz CT molecular complexity index is 525. The molecule has 114 valence electrons. The van der Waals surface area contributed by atoms with Crippen molar-refractivity contribution in [3.05, 3.63) is 17.0 Å². The van der Waals surface area contributed by atoms with Crippen LogP contribution in [-0.2, 0) is 16.6 Å². The molecule has 0 aromatic carbocycles. The molecular weight excluding hydrogens is 292 g/mol. The molecule has 1 aliphatic heterocycles. The van der Waals surface area contributed by atoms with Gasteiger partial charge in [-0.15, -0.1) is 11.3 Å². The van der Waals surface area contributed by atoms with Crippen LogP contribution < -0.4 is 5.32 Å². The first-order chi connectivity index (χ1) is 9.59. The third-order valence-electron chi connectivity index (χ3n) is 3.87. The summed E-state index contributed by atoms with van der Waals surface area (Å²) >= 11 is 1.34. The molecule has 1 aromatic rings. The van der Waals surface area contributed by atoms with Crippen molar-refractivity contribution in [2.45, 2.75) is 55.8 Å². The molecule has 2 heterocycles. The summed E-state index contributed by atoms with van der Waals surface area (Å²) in [6.07, 6.45) is 5.14. The molecule has 0 radical (unpaired) electrons. The Labute approximate surface area is 126 Å². The van der Waals surface area contributed by atoms with E-state index in [0.29, 0.717) is 17.3 Å². The van der Waals surface area contributed by atoms with Gasteiger partial charge in [0.05, 0.1) is 0 Å². The Kier molecular flexibility index (Phi) is 5.60. The minimum atomic E-state index is -3.32. The molecule has 6 heteroatoms. The molecule has 20 heavy (non-hydrogen) atoms. The van der Waals surface area contributed by atoms with Crippen molar-refractivity contribution in [1.29, 1.82) is 0 Å². The van der Waals surface area contributed by atoms with Crippen molar-refractivity contribution >= 4 is 21.4 Å². The van der Waals surface area contributed by atoms with Crippen molar-refractivity contribution < 1.29 is 8.42 Å². The standard InChI is InChI=1S/C14H24N2O2S2/c1-3-13-7-5-4-6-8-16(13)20(17,18)14-9-12(10-15-2)11-19-14/h9,11,13,15H,3-8,10H2,1-2H3. The van der Waals surface area contributed by atoms with Crippen LogP contribution in [0.25, 0.3) is 0 Å². The van der Waals surface area contributed by atoms with E-state index in [-0.39, 0.29) is 6.04 Å². The zero-order valence-electron chi connectivity index (χ0n) is 12.3. The molecule has 0 spiro atoms. The summed E-state index contributed by atoms with van der Waals surface area (Å²) in [5, 5.41) is 4.99. The number of sulfonamides is 1. The van der Waals surface area contributed by atoms with Gasteiger partial charge in [-0.25, -0.2) is 8.42 Å². The van der Waals surface area contributed by atoms with Crippen LogP contribution in [0.2, 0.25) is 0 Å². The van der Waals surface area contributed by atoms with Gasteiger partial charge < -0.3 is 5.32 Å². The molecule has 1 N–H and O–H groups in total. The van der Waals surface area contributed by atoms with E-state index in [9.17, 15) is 8.42 Å². The SMILES string of the molecule is CCC1CCCCCN1S(=O)(=O)c1cc(CNC)cs1. The Balaban J connectivity index is 2.26. The van der Waals surface area contributed by atoms with Gasteiger partial charge in [-0.3, -0.25) is 0 Å². The van der Waals surface area contributed by atoms with Crippen LogP contribution in [0, 0.1) is 0 Å².